The molecular weight excluding hydrogens is 937 g/mol. The van der Waals surface area contributed by atoms with Crippen molar-refractivity contribution in [2.24, 2.45) is 0 Å². The fourth-order valence-electron chi connectivity index (χ4n) is 13.2. The Morgan fingerprint density at radius 2 is 0.831 bits per heavy atom. The maximum Gasteiger partial charge on any atom is 0.164 e. The minimum absolute atomic E-state index is 0.149. The molecule has 4 aliphatic carbocycles. The van der Waals surface area contributed by atoms with Gasteiger partial charge in [0, 0.05) is 33.7 Å². The molecule has 360 valence electrons. The lowest BCUT2D eigenvalue weighted by Crippen LogP contribution is -2.30. The first-order chi connectivity index (χ1) is 38.2. The second-order valence-corrected chi connectivity index (χ2v) is 20.7. The van der Waals surface area contributed by atoms with E-state index in [1.54, 1.807) is 0 Å². The highest BCUT2D eigenvalue weighted by Gasteiger charge is 2.54. The summed E-state index contributed by atoms with van der Waals surface area (Å²) >= 11 is 0. The van der Waals surface area contributed by atoms with E-state index < -0.39 is 5.41 Å². The first-order valence-corrected chi connectivity index (χ1v) is 26.7. The van der Waals surface area contributed by atoms with Crippen LogP contribution in [0.25, 0.3) is 111 Å². The van der Waals surface area contributed by atoms with Crippen LogP contribution in [0.1, 0.15) is 53.3 Å². The number of fused-ring (bicyclic) bond motifs is 12. The van der Waals surface area contributed by atoms with Crippen molar-refractivity contribution in [3.8, 4) is 56.9 Å². The summed E-state index contributed by atoms with van der Waals surface area (Å²) in [6.45, 7) is 0. The van der Waals surface area contributed by atoms with Gasteiger partial charge in [0.05, 0.1) is 5.41 Å². The SMILES string of the molecule is C1=CC2=C(CC1)c1ccc(-c3nc(-c4cccc5ccccc45)nc(-c4cccc5ccccc45)n3)cc1C21C2=C(C=CC(c3nc(-c4cccc5ccccc45)nc(-c4cccc5ccccc45)n3)C2)c2ccccc21. The highest BCUT2D eigenvalue weighted by atomic mass is 15.0. The van der Waals surface area contributed by atoms with Gasteiger partial charge in [-0.3, -0.25) is 0 Å². The molecule has 6 heteroatoms. The molecule has 0 bridgehead atoms. The molecule has 77 heavy (non-hydrogen) atoms. The van der Waals surface area contributed by atoms with E-state index in [1.165, 1.54) is 44.5 Å². The zero-order valence-corrected chi connectivity index (χ0v) is 41.9. The first-order valence-electron chi connectivity index (χ1n) is 26.7. The summed E-state index contributed by atoms with van der Waals surface area (Å²) < 4.78 is 0. The highest BCUT2D eigenvalue weighted by Crippen LogP contribution is 2.65. The van der Waals surface area contributed by atoms with Gasteiger partial charge in [-0.25, -0.2) is 29.9 Å². The number of hydrogen-bond donors (Lipinski definition) is 0. The Balaban J connectivity index is 0.892. The lowest BCUT2D eigenvalue weighted by molar-refractivity contribution is 0.653. The number of nitrogens with zero attached hydrogens (tertiary/aromatic N) is 6. The molecule has 0 N–H and O–H groups in total. The normalized spacial score (nSPS) is 17.2. The number of hydrogen-bond acceptors (Lipinski definition) is 6. The summed E-state index contributed by atoms with van der Waals surface area (Å²) in [6, 6.07) is 75.7. The van der Waals surface area contributed by atoms with Crippen LogP contribution in [-0.2, 0) is 5.41 Å². The third-order valence-corrected chi connectivity index (χ3v) is 16.6. The van der Waals surface area contributed by atoms with Crippen molar-refractivity contribution in [3.05, 3.63) is 276 Å². The topological polar surface area (TPSA) is 77.3 Å². The summed E-state index contributed by atoms with van der Waals surface area (Å²) in [5, 5.41) is 8.98. The third kappa shape index (κ3) is 6.68. The van der Waals surface area contributed by atoms with Crippen LogP contribution in [0.5, 0.6) is 0 Å². The average molecular weight is 983 g/mol. The first kappa shape index (κ1) is 43.6. The molecule has 2 unspecified atom stereocenters. The summed E-state index contributed by atoms with van der Waals surface area (Å²) in [5.74, 6) is 3.88. The van der Waals surface area contributed by atoms with E-state index in [2.05, 4.69) is 237 Å². The van der Waals surface area contributed by atoms with Crippen LogP contribution < -0.4 is 0 Å². The van der Waals surface area contributed by atoms with Crippen LogP contribution in [0.3, 0.4) is 0 Å². The van der Waals surface area contributed by atoms with E-state index in [0.717, 1.165) is 89.6 Å². The summed E-state index contributed by atoms with van der Waals surface area (Å²) in [5.41, 5.74) is 14.8. The van der Waals surface area contributed by atoms with Crippen molar-refractivity contribution >= 4 is 54.2 Å². The highest BCUT2D eigenvalue weighted by molar-refractivity contribution is 6.01. The number of aromatic nitrogens is 6. The fourth-order valence-corrected chi connectivity index (χ4v) is 13.2. The standard InChI is InChI=1S/C71H46N6/c1-5-25-49-43(17-1)21-13-31-57(49)67-72-65(73-68(76-67)58-32-14-22-44-18-2-6-26-50(44)58)47-37-39-55-53-29-9-11-35-61(53)71(63(55)41-47)62-36-12-10-30-54(62)56-40-38-48(42-64(56)71)66-74-69(59-33-15-23-45-19-3-7-27-51(45)59)77-70(75-66)60-34-16-24-46-20-4-8-28-52(46)60/h1-9,11-29,31-40,42,47H,10,30,41H2. The van der Waals surface area contributed by atoms with E-state index in [-0.39, 0.29) is 5.92 Å². The third-order valence-electron chi connectivity index (χ3n) is 16.6. The Morgan fingerprint density at radius 3 is 1.38 bits per heavy atom. The van der Waals surface area contributed by atoms with Gasteiger partial charge in [-0.15, -0.1) is 0 Å². The number of allylic oxidation sites excluding steroid dienone is 8. The molecule has 4 aliphatic rings. The molecule has 0 aliphatic heterocycles. The quantitative estimate of drug-likeness (QED) is 0.165. The van der Waals surface area contributed by atoms with Gasteiger partial charge in [-0.2, -0.15) is 0 Å². The smallest absolute Gasteiger partial charge is 0.164 e. The molecule has 0 amide bonds. The molecule has 0 fully saturated rings. The molecule has 12 aromatic rings. The van der Waals surface area contributed by atoms with Crippen LogP contribution in [0.15, 0.2) is 248 Å². The van der Waals surface area contributed by atoms with Crippen molar-refractivity contribution in [2.75, 3.05) is 0 Å². The van der Waals surface area contributed by atoms with Crippen LogP contribution in [0, 0.1) is 0 Å². The van der Waals surface area contributed by atoms with Gasteiger partial charge in [-0.05, 0) is 113 Å². The minimum atomic E-state index is -0.583. The Kier molecular flexibility index (Phi) is 9.70. The molecule has 2 heterocycles. The predicted molar refractivity (Wildman–Crippen MR) is 313 cm³/mol. The van der Waals surface area contributed by atoms with Gasteiger partial charge >= 0.3 is 0 Å². The molecule has 2 aromatic heterocycles. The number of rotatable bonds is 6. The van der Waals surface area contributed by atoms with Crippen molar-refractivity contribution in [1.29, 1.82) is 0 Å². The maximum absolute atomic E-state index is 5.50. The molecule has 1 spiro atoms. The second-order valence-electron chi connectivity index (χ2n) is 20.7. The second kappa shape index (κ2) is 17.1. The Labute approximate surface area is 445 Å². The van der Waals surface area contributed by atoms with Gasteiger partial charge in [-0.1, -0.05) is 231 Å². The average Bonchev–Trinajstić information content (AvgIpc) is 3.17. The largest absolute Gasteiger partial charge is 0.212 e. The monoisotopic (exact) mass is 982 g/mol. The molecule has 0 saturated carbocycles. The van der Waals surface area contributed by atoms with Gasteiger partial charge in [0.15, 0.2) is 29.1 Å². The summed E-state index contributed by atoms with van der Waals surface area (Å²) in [4.78, 5) is 32.6. The van der Waals surface area contributed by atoms with Crippen molar-refractivity contribution < 1.29 is 0 Å². The van der Waals surface area contributed by atoms with Gasteiger partial charge in [0.2, 0.25) is 0 Å². The van der Waals surface area contributed by atoms with Gasteiger partial charge in [0.1, 0.15) is 5.82 Å². The summed E-state index contributed by atoms with van der Waals surface area (Å²) in [7, 11) is 0. The Hall–Kier alpha value is -9.78. The van der Waals surface area contributed by atoms with Crippen LogP contribution in [0.2, 0.25) is 0 Å². The maximum atomic E-state index is 5.50. The van der Waals surface area contributed by atoms with Crippen LogP contribution in [0.4, 0.5) is 0 Å². The predicted octanol–water partition coefficient (Wildman–Crippen LogP) is 16.9. The zero-order chi connectivity index (χ0) is 50.6. The zero-order valence-electron chi connectivity index (χ0n) is 41.9. The van der Waals surface area contributed by atoms with Crippen LogP contribution >= 0.6 is 0 Å². The fraction of sp³-hybridized carbons (Fsp3) is 0.0704. The molecule has 10 aromatic carbocycles. The van der Waals surface area contributed by atoms with E-state index >= 15 is 0 Å². The van der Waals surface area contributed by atoms with E-state index in [9.17, 15) is 0 Å². The van der Waals surface area contributed by atoms with Gasteiger partial charge < -0.3 is 0 Å². The van der Waals surface area contributed by atoms with Crippen LogP contribution in [-0.4, -0.2) is 29.9 Å². The molecule has 0 radical (unpaired) electrons. The van der Waals surface area contributed by atoms with Crippen molar-refractivity contribution in [1.82, 2.24) is 29.9 Å². The molecule has 2 atom stereocenters. The van der Waals surface area contributed by atoms with E-state index in [0.29, 0.717) is 35.5 Å². The van der Waals surface area contributed by atoms with Gasteiger partial charge in [0.25, 0.3) is 0 Å². The molecular formula is C71H46N6. The summed E-state index contributed by atoms with van der Waals surface area (Å²) in [6.07, 6.45) is 12.2. The van der Waals surface area contributed by atoms with E-state index in [4.69, 9.17) is 29.9 Å². The van der Waals surface area contributed by atoms with Crippen molar-refractivity contribution in [3.63, 3.8) is 0 Å². The molecule has 6 nitrogen and oxygen atoms in total. The Bertz CT molecular complexity index is 4420. The minimum Gasteiger partial charge on any atom is -0.212 e. The Morgan fingerprint density at radius 1 is 0.377 bits per heavy atom. The molecule has 0 saturated heterocycles. The lowest BCUT2D eigenvalue weighted by atomic mass is 9.65. The number of benzene rings is 10. The lowest BCUT2D eigenvalue weighted by Gasteiger charge is -2.36. The van der Waals surface area contributed by atoms with Crippen molar-refractivity contribution in [2.45, 2.75) is 30.6 Å². The molecule has 16 rings (SSSR count). The van der Waals surface area contributed by atoms with E-state index in [1.807, 2.05) is 0 Å².